The van der Waals surface area contributed by atoms with Crippen LogP contribution in [0.1, 0.15) is 91.4 Å². The molecule has 4 aliphatic carbocycles. The largest absolute Gasteiger partial charge is 0.461 e. The Balaban J connectivity index is 1.01. The number of nitrogens with one attached hydrogen (secondary N) is 1. The zero-order chi connectivity index (χ0) is 30.7. The molecule has 3 amide bonds. The van der Waals surface area contributed by atoms with Crippen molar-refractivity contribution in [1.82, 2.24) is 15.1 Å². The number of amides is 3. The fourth-order valence-corrected chi connectivity index (χ4v) is 8.48. The molecule has 1 N–H and O–H groups in total. The van der Waals surface area contributed by atoms with Gasteiger partial charge in [-0.05, 0) is 115 Å². The number of esters is 1. The molecule has 2 saturated heterocycles. The van der Waals surface area contributed by atoms with Crippen molar-refractivity contribution in [3.05, 3.63) is 0 Å². The number of piperidine rings is 2. The predicted molar refractivity (Wildman–Crippen MR) is 161 cm³/mol. The summed E-state index contributed by atoms with van der Waals surface area (Å²) in [5.74, 6) is 3.87. The maximum Gasteiger partial charge on any atom is 0.410 e. The molecule has 2 heterocycles. The lowest BCUT2D eigenvalue weighted by molar-refractivity contribution is -0.173. The second-order valence-electron chi connectivity index (χ2n) is 14.9. The number of hydrogen-bond donors (Lipinski definition) is 1. The Kier molecular flexibility index (Phi) is 9.93. The third-order valence-electron chi connectivity index (χ3n) is 10.5. The fourth-order valence-electron chi connectivity index (χ4n) is 8.48. The van der Waals surface area contributed by atoms with Crippen LogP contribution >= 0.6 is 0 Å². The maximum atomic E-state index is 13.1. The predicted octanol–water partition coefficient (Wildman–Crippen LogP) is 4.39. The van der Waals surface area contributed by atoms with Crippen LogP contribution in [0.4, 0.5) is 4.79 Å². The molecule has 4 saturated carbocycles. The Hall–Kier alpha value is -2.76. The van der Waals surface area contributed by atoms with E-state index in [1.54, 1.807) is 4.90 Å². The van der Waals surface area contributed by atoms with Gasteiger partial charge in [-0.15, -0.1) is 6.42 Å². The van der Waals surface area contributed by atoms with Gasteiger partial charge < -0.3 is 24.6 Å². The molecule has 0 radical (unpaired) electrons. The van der Waals surface area contributed by atoms with E-state index in [-0.39, 0.29) is 36.5 Å². The molecule has 4 bridgehead atoms. The van der Waals surface area contributed by atoms with Crippen molar-refractivity contribution in [3.8, 4) is 12.3 Å². The number of ether oxygens (including phenoxy) is 2. The van der Waals surface area contributed by atoms with Gasteiger partial charge in [-0.2, -0.15) is 0 Å². The second-order valence-corrected chi connectivity index (χ2v) is 14.9. The summed E-state index contributed by atoms with van der Waals surface area (Å²) in [6.07, 6.45) is 15.8. The summed E-state index contributed by atoms with van der Waals surface area (Å²) in [5, 5.41) is 2.89. The highest BCUT2D eigenvalue weighted by Gasteiger charge is 2.50. The number of nitrogens with zero attached hydrogens (tertiary/aromatic N) is 2. The highest BCUT2D eigenvalue weighted by molar-refractivity contribution is 5.82. The van der Waals surface area contributed by atoms with Gasteiger partial charge in [0.2, 0.25) is 11.8 Å². The molecule has 0 spiro atoms. The Bertz CT molecular complexity index is 1060. The van der Waals surface area contributed by atoms with E-state index in [1.165, 1.54) is 6.42 Å². The van der Waals surface area contributed by atoms with E-state index >= 15 is 0 Å². The number of rotatable bonds is 8. The van der Waals surface area contributed by atoms with Crippen LogP contribution in [0.5, 0.6) is 0 Å². The second kappa shape index (κ2) is 13.5. The molecule has 6 rings (SSSR count). The normalized spacial score (nSPS) is 31.2. The van der Waals surface area contributed by atoms with Gasteiger partial charge >= 0.3 is 12.1 Å². The van der Waals surface area contributed by atoms with Gasteiger partial charge in [-0.3, -0.25) is 14.4 Å². The van der Waals surface area contributed by atoms with Crippen molar-refractivity contribution in [1.29, 1.82) is 0 Å². The summed E-state index contributed by atoms with van der Waals surface area (Å²) in [7, 11) is 0. The SMILES string of the molecule is C#C[C@@H](CNC(=O)[C@@H]1CCCN(C(=O)CCC2CCN(C(=O)OC(C)(C)C)CC2)C1)C(=O)OC1C2CC3CC(C2)CC1C3. The van der Waals surface area contributed by atoms with E-state index in [1.807, 2.05) is 25.7 Å². The summed E-state index contributed by atoms with van der Waals surface area (Å²) >= 11 is 0. The van der Waals surface area contributed by atoms with Gasteiger partial charge in [-0.1, -0.05) is 5.92 Å². The Morgan fingerprint density at radius 2 is 1.58 bits per heavy atom. The molecule has 0 aromatic heterocycles. The molecule has 43 heavy (non-hydrogen) atoms. The average molecular weight is 598 g/mol. The van der Waals surface area contributed by atoms with Crippen molar-refractivity contribution in [2.45, 2.75) is 103 Å². The highest BCUT2D eigenvalue weighted by Crippen LogP contribution is 2.54. The summed E-state index contributed by atoms with van der Waals surface area (Å²) in [6.45, 7) is 8.01. The first-order chi connectivity index (χ1) is 20.5. The van der Waals surface area contributed by atoms with Crippen molar-refractivity contribution in [3.63, 3.8) is 0 Å². The molecule has 6 fully saturated rings. The Morgan fingerprint density at radius 3 is 2.19 bits per heavy atom. The molecule has 9 nitrogen and oxygen atoms in total. The number of carbonyl (C=O) groups excluding carboxylic acids is 4. The first-order valence-electron chi connectivity index (χ1n) is 16.7. The van der Waals surface area contributed by atoms with Crippen molar-refractivity contribution >= 4 is 23.9 Å². The van der Waals surface area contributed by atoms with Crippen LogP contribution in [0.2, 0.25) is 0 Å². The van der Waals surface area contributed by atoms with Crippen molar-refractivity contribution in [2.24, 2.45) is 41.4 Å². The Morgan fingerprint density at radius 1 is 0.930 bits per heavy atom. The third kappa shape index (κ3) is 8.05. The number of terminal acetylenes is 1. The lowest BCUT2D eigenvalue weighted by Crippen LogP contribution is -2.51. The van der Waals surface area contributed by atoms with Crippen molar-refractivity contribution < 1.29 is 28.7 Å². The van der Waals surface area contributed by atoms with E-state index in [9.17, 15) is 19.2 Å². The summed E-state index contributed by atoms with van der Waals surface area (Å²) < 4.78 is 11.5. The number of carbonyl (C=O) groups is 4. The molecular formula is C34H51N3O6. The van der Waals surface area contributed by atoms with Crippen LogP contribution < -0.4 is 5.32 Å². The minimum Gasteiger partial charge on any atom is -0.461 e. The van der Waals surface area contributed by atoms with E-state index in [0.717, 1.165) is 63.2 Å². The molecular weight excluding hydrogens is 546 g/mol. The minimum absolute atomic E-state index is 0.0257. The van der Waals surface area contributed by atoms with Gasteiger partial charge in [0, 0.05) is 39.1 Å². The van der Waals surface area contributed by atoms with Crippen LogP contribution in [0.25, 0.3) is 0 Å². The fraction of sp³-hybridized carbons (Fsp3) is 0.824. The smallest absolute Gasteiger partial charge is 0.410 e. The average Bonchev–Trinajstić information content (AvgIpc) is 2.97. The Labute approximate surface area is 257 Å². The first-order valence-corrected chi connectivity index (χ1v) is 16.7. The highest BCUT2D eigenvalue weighted by atomic mass is 16.6. The van der Waals surface area contributed by atoms with Gasteiger partial charge in [-0.25, -0.2) is 4.79 Å². The van der Waals surface area contributed by atoms with E-state index in [0.29, 0.717) is 56.8 Å². The molecule has 9 heteroatoms. The van der Waals surface area contributed by atoms with Crippen LogP contribution in [0, 0.1) is 53.8 Å². The molecule has 6 aliphatic rings. The summed E-state index contributed by atoms with van der Waals surface area (Å²) in [5.41, 5.74) is -0.508. The first kappa shape index (κ1) is 31.7. The lowest BCUT2D eigenvalue weighted by atomic mass is 9.55. The van der Waals surface area contributed by atoms with E-state index in [2.05, 4.69) is 11.2 Å². The molecule has 2 atom stereocenters. The minimum atomic E-state index is -0.802. The zero-order valence-electron chi connectivity index (χ0n) is 26.4. The van der Waals surface area contributed by atoms with Crippen LogP contribution in [-0.4, -0.2) is 78.1 Å². The van der Waals surface area contributed by atoms with Crippen LogP contribution in [0.15, 0.2) is 0 Å². The van der Waals surface area contributed by atoms with E-state index in [4.69, 9.17) is 15.9 Å². The van der Waals surface area contributed by atoms with Gasteiger partial charge in [0.1, 0.15) is 17.6 Å². The van der Waals surface area contributed by atoms with Gasteiger partial charge in [0.05, 0.1) is 5.92 Å². The third-order valence-corrected chi connectivity index (χ3v) is 10.5. The maximum absolute atomic E-state index is 13.1. The van der Waals surface area contributed by atoms with E-state index < -0.39 is 17.5 Å². The molecule has 2 aliphatic heterocycles. The van der Waals surface area contributed by atoms with Crippen molar-refractivity contribution in [2.75, 3.05) is 32.7 Å². The number of hydrogen-bond acceptors (Lipinski definition) is 6. The van der Waals surface area contributed by atoms with Gasteiger partial charge in [0.15, 0.2) is 0 Å². The quantitative estimate of drug-likeness (QED) is 0.329. The zero-order valence-corrected chi connectivity index (χ0v) is 26.4. The molecule has 238 valence electrons. The van der Waals surface area contributed by atoms with Crippen LogP contribution in [0.3, 0.4) is 0 Å². The molecule has 0 aromatic rings. The lowest BCUT2D eigenvalue weighted by Gasteiger charge is -2.53. The summed E-state index contributed by atoms with van der Waals surface area (Å²) in [6, 6.07) is 0. The summed E-state index contributed by atoms with van der Waals surface area (Å²) in [4.78, 5) is 55.0. The molecule has 0 aromatic carbocycles. The monoisotopic (exact) mass is 597 g/mol. The topological polar surface area (TPSA) is 105 Å². The number of likely N-dealkylation sites (tertiary alicyclic amines) is 2. The standard InChI is InChI=1S/C34H51N3O6/c1-5-25(32(40)42-30-27-16-23-15-24(18-27)19-28(30)17-23)20-35-31(39)26-7-6-12-37(21-26)29(38)9-8-22-10-13-36(14-11-22)33(41)43-34(2,3)4/h1,22-28,30H,6-21H2,2-4H3,(H,35,39)/t23?,24?,25-,26+,27?,28?,30?/m0/s1. The van der Waals surface area contributed by atoms with Crippen LogP contribution in [-0.2, 0) is 23.9 Å². The van der Waals surface area contributed by atoms with Gasteiger partial charge in [0.25, 0.3) is 0 Å². The molecule has 0 unspecified atom stereocenters.